The molecule has 5 fully saturated rings. The van der Waals surface area contributed by atoms with Crippen LogP contribution >= 0.6 is 0 Å². The first-order valence-corrected chi connectivity index (χ1v) is 22.7. The second-order valence-electron chi connectivity index (χ2n) is 23.3. The van der Waals surface area contributed by atoms with Gasteiger partial charge in [-0.15, -0.1) is 0 Å². The van der Waals surface area contributed by atoms with Crippen LogP contribution in [-0.4, -0.2) is 75.2 Å². The lowest BCUT2D eigenvalue weighted by molar-refractivity contribution is 0.0883. The quantitative estimate of drug-likeness (QED) is 0.260. The van der Waals surface area contributed by atoms with E-state index in [1.807, 2.05) is 0 Å². The van der Waals surface area contributed by atoms with E-state index in [0.29, 0.717) is 27.1 Å². The lowest BCUT2D eigenvalue weighted by atomic mass is 9.72. The first-order chi connectivity index (χ1) is 23.8. The Morgan fingerprint density at radius 2 is 0.942 bits per heavy atom. The topological polar surface area (TPSA) is 30.5 Å². The zero-order valence-electron chi connectivity index (χ0n) is 39.1. The molecule has 4 heteroatoms. The molecule has 2 N–H and O–H groups in total. The maximum absolute atomic E-state index is 3.56. The van der Waals surface area contributed by atoms with Gasteiger partial charge in [-0.25, -0.2) is 0 Å². The summed E-state index contributed by atoms with van der Waals surface area (Å²) in [5.41, 5.74) is 2.51. The van der Waals surface area contributed by atoms with Gasteiger partial charge in [0.2, 0.25) is 0 Å². The monoisotopic (exact) mass is 733 g/mol. The molecule has 0 aromatic rings. The second-order valence-corrected chi connectivity index (χ2v) is 23.3. The molecule has 4 unspecified atom stereocenters. The van der Waals surface area contributed by atoms with Crippen molar-refractivity contribution in [3.63, 3.8) is 0 Å². The summed E-state index contributed by atoms with van der Waals surface area (Å²) in [4.78, 5) is 4.98. The average molecular weight is 733 g/mol. The zero-order valence-corrected chi connectivity index (χ0v) is 39.1. The van der Waals surface area contributed by atoms with Gasteiger partial charge in [-0.05, 0) is 156 Å². The highest BCUT2D eigenvalue weighted by Crippen LogP contribution is 2.37. The van der Waals surface area contributed by atoms with E-state index < -0.39 is 0 Å². The van der Waals surface area contributed by atoms with E-state index in [2.05, 4.69) is 138 Å². The molecule has 5 rings (SSSR count). The van der Waals surface area contributed by atoms with Crippen molar-refractivity contribution < 1.29 is 0 Å². The van der Waals surface area contributed by atoms with Gasteiger partial charge in [-0.1, -0.05) is 136 Å². The minimum absolute atomic E-state index is 0.459. The van der Waals surface area contributed by atoms with Gasteiger partial charge in [0.1, 0.15) is 0 Å². The van der Waals surface area contributed by atoms with Crippen molar-refractivity contribution >= 4 is 0 Å². The van der Waals surface area contributed by atoms with Gasteiger partial charge in [0.25, 0.3) is 0 Å². The highest BCUT2D eigenvalue weighted by molar-refractivity contribution is 4.85. The van der Waals surface area contributed by atoms with Gasteiger partial charge in [0, 0.05) is 18.6 Å². The van der Waals surface area contributed by atoms with Crippen molar-refractivity contribution in [1.82, 2.24) is 20.4 Å². The minimum atomic E-state index is 0.459. The van der Waals surface area contributed by atoms with Crippen LogP contribution in [0.5, 0.6) is 0 Å². The Morgan fingerprint density at radius 3 is 1.27 bits per heavy atom. The fraction of sp³-hybridized carbons (Fsp3) is 1.00. The van der Waals surface area contributed by atoms with Crippen LogP contribution in [0.2, 0.25) is 0 Å². The Morgan fingerprint density at radius 1 is 0.423 bits per heavy atom. The van der Waals surface area contributed by atoms with Crippen LogP contribution in [0, 0.1) is 44.8 Å². The third-order valence-electron chi connectivity index (χ3n) is 13.3. The molecule has 4 aliphatic heterocycles. The van der Waals surface area contributed by atoms with Crippen LogP contribution in [0.15, 0.2) is 0 Å². The number of nitrogens with zero attached hydrogens (tertiary/aromatic N) is 2. The van der Waals surface area contributed by atoms with Crippen LogP contribution in [0.4, 0.5) is 0 Å². The second kappa shape index (κ2) is 23.2. The predicted octanol–water partition coefficient (Wildman–Crippen LogP) is 12.7. The van der Waals surface area contributed by atoms with Gasteiger partial charge < -0.3 is 20.4 Å². The molecule has 0 aromatic heterocycles. The van der Waals surface area contributed by atoms with Crippen LogP contribution in [0.1, 0.15) is 200 Å². The van der Waals surface area contributed by atoms with E-state index in [-0.39, 0.29) is 0 Å². The average Bonchev–Trinajstić information content (AvgIpc) is 3.05. The van der Waals surface area contributed by atoms with Gasteiger partial charge in [0.05, 0.1) is 0 Å². The van der Waals surface area contributed by atoms with Gasteiger partial charge in [0.15, 0.2) is 0 Å². The summed E-state index contributed by atoms with van der Waals surface area (Å²) in [7, 11) is 4.49. The smallest absolute Gasteiger partial charge is 0.0141 e. The van der Waals surface area contributed by atoms with Gasteiger partial charge in [-0.2, -0.15) is 0 Å². The zero-order chi connectivity index (χ0) is 39.8. The molecule has 52 heavy (non-hydrogen) atoms. The highest BCUT2D eigenvalue weighted by Gasteiger charge is 2.31. The van der Waals surface area contributed by atoms with Crippen molar-refractivity contribution in [2.24, 2.45) is 44.8 Å². The van der Waals surface area contributed by atoms with Gasteiger partial charge >= 0.3 is 0 Å². The molecule has 1 aliphatic carbocycles. The van der Waals surface area contributed by atoms with Crippen molar-refractivity contribution in [2.45, 2.75) is 212 Å². The molecule has 4 heterocycles. The SMILES string of the molecule is CC(C)(C)C1CCCCC1.CC(C)(C)C1CCCCN1.CC(C)(C)C1CCCNC1.CN1CCCC(C(C)(C)C)C1.CN1CCCCC1C(C)(C)C. The Hall–Kier alpha value is -0.160. The van der Waals surface area contributed by atoms with E-state index in [9.17, 15) is 0 Å². The van der Waals surface area contributed by atoms with Crippen molar-refractivity contribution in [2.75, 3.05) is 53.4 Å². The van der Waals surface area contributed by atoms with E-state index in [4.69, 9.17) is 0 Å². The lowest BCUT2D eigenvalue weighted by Crippen LogP contribution is -2.44. The van der Waals surface area contributed by atoms with Crippen LogP contribution < -0.4 is 10.6 Å². The molecule has 0 amide bonds. The molecule has 312 valence electrons. The fourth-order valence-corrected chi connectivity index (χ4v) is 9.19. The molecule has 0 bridgehead atoms. The molecule has 0 spiro atoms. The summed E-state index contributed by atoms with van der Waals surface area (Å²) in [5.74, 6) is 2.80. The summed E-state index contributed by atoms with van der Waals surface area (Å²) in [6.07, 6.45) is 21.3. The van der Waals surface area contributed by atoms with Crippen molar-refractivity contribution in [3.8, 4) is 0 Å². The van der Waals surface area contributed by atoms with Crippen LogP contribution in [0.25, 0.3) is 0 Å². The number of piperidine rings is 4. The van der Waals surface area contributed by atoms with E-state index in [0.717, 1.165) is 29.8 Å². The normalized spacial score (nSPS) is 27.6. The van der Waals surface area contributed by atoms with Crippen LogP contribution in [-0.2, 0) is 0 Å². The van der Waals surface area contributed by atoms with Gasteiger partial charge in [-0.3, -0.25) is 0 Å². The minimum Gasteiger partial charge on any atom is -0.316 e. The fourth-order valence-electron chi connectivity index (χ4n) is 9.19. The van der Waals surface area contributed by atoms with Crippen molar-refractivity contribution in [1.29, 1.82) is 0 Å². The number of hydrogen-bond acceptors (Lipinski definition) is 4. The molecule has 5 aliphatic rings. The first-order valence-electron chi connectivity index (χ1n) is 22.7. The number of likely N-dealkylation sites (tertiary alicyclic amines) is 2. The summed E-state index contributed by atoms with van der Waals surface area (Å²) in [6.45, 7) is 42.8. The molecule has 1 saturated carbocycles. The Bertz CT molecular complexity index is 807. The third-order valence-corrected chi connectivity index (χ3v) is 13.3. The molecular formula is C48H100N4. The van der Waals surface area contributed by atoms with Crippen molar-refractivity contribution in [3.05, 3.63) is 0 Å². The Kier molecular flexibility index (Phi) is 22.2. The molecule has 0 aromatic carbocycles. The number of rotatable bonds is 0. The van der Waals surface area contributed by atoms with E-state index in [1.54, 1.807) is 0 Å². The van der Waals surface area contributed by atoms with E-state index in [1.165, 1.54) is 136 Å². The number of nitrogens with one attached hydrogen (secondary N) is 2. The molecule has 0 radical (unpaired) electrons. The summed E-state index contributed by atoms with van der Waals surface area (Å²) < 4.78 is 0. The van der Waals surface area contributed by atoms with E-state index >= 15 is 0 Å². The summed E-state index contributed by atoms with van der Waals surface area (Å²) in [6, 6.07) is 1.55. The lowest BCUT2D eigenvalue weighted by Gasteiger charge is -2.41. The Balaban J connectivity index is 0.000000325. The summed E-state index contributed by atoms with van der Waals surface area (Å²) in [5, 5.41) is 7.00. The molecular weight excluding hydrogens is 633 g/mol. The Labute approximate surface area is 330 Å². The number of hydrogen-bond donors (Lipinski definition) is 2. The standard InChI is InChI=1S/2C10H21N.C10H20.2C9H19N/c1-10(2,3)9-6-5-7-11(4)8-9;1-10(2,3)9-7-5-6-8-11(9)4;1-10(2,3)9-7-5-4-6-8-9;1-9(2,3)8-5-4-6-10-7-8;1-9(2,3)8-6-4-5-7-10-8/h2*9H,5-8H2,1-4H3;9H,4-8H2,1-3H3;2*8,10H,4-7H2,1-3H3. The maximum atomic E-state index is 3.56. The van der Waals surface area contributed by atoms with Crippen LogP contribution in [0.3, 0.4) is 0 Å². The first kappa shape index (κ1) is 49.9. The maximum Gasteiger partial charge on any atom is 0.0141 e. The largest absolute Gasteiger partial charge is 0.316 e. The summed E-state index contributed by atoms with van der Waals surface area (Å²) >= 11 is 0. The molecule has 4 saturated heterocycles. The predicted molar refractivity (Wildman–Crippen MR) is 236 cm³/mol. The highest BCUT2D eigenvalue weighted by atomic mass is 15.1. The third kappa shape index (κ3) is 21.2. The molecule has 4 atom stereocenters. The molecule has 4 nitrogen and oxygen atoms in total.